The Bertz CT molecular complexity index is 699. The molecular weight excluding hydrogens is 279 g/mol. The summed E-state index contributed by atoms with van der Waals surface area (Å²) in [6, 6.07) is 12.9. The first-order valence-corrected chi connectivity index (χ1v) is 7.26. The molecule has 3 rings (SSSR count). The number of Topliss-reactive ketones (excluding diaryl/α,β-unsaturated/α-hetero) is 1. The SMILES string of the molecule is COc1ccccc1C(=O)Cc1ccc2c(c1)B(O)OCC2. The molecule has 5 heteroatoms. The molecule has 0 bridgehead atoms. The lowest BCUT2D eigenvalue weighted by atomic mass is 9.73. The summed E-state index contributed by atoms with van der Waals surface area (Å²) in [4.78, 5) is 12.5. The predicted octanol–water partition coefficient (Wildman–Crippen LogP) is 1.38. The van der Waals surface area contributed by atoms with Crippen LogP contribution in [0.5, 0.6) is 5.75 Å². The zero-order valence-electron chi connectivity index (χ0n) is 12.4. The summed E-state index contributed by atoms with van der Waals surface area (Å²) < 4.78 is 10.5. The van der Waals surface area contributed by atoms with Gasteiger partial charge in [-0.15, -0.1) is 0 Å². The second-order valence-corrected chi connectivity index (χ2v) is 5.31. The smallest absolute Gasteiger partial charge is 0.491 e. The van der Waals surface area contributed by atoms with E-state index in [1.807, 2.05) is 30.3 Å². The second kappa shape index (κ2) is 6.34. The first-order chi connectivity index (χ1) is 10.7. The van der Waals surface area contributed by atoms with Crippen LogP contribution in [0.4, 0.5) is 0 Å². The highest BCUT2D eigenvalue weighted by Crippen LogP contribution is 2.20. The van der Waals surface area contributed by atoms with Crippen molar-refractivity contribution >= 4 is 18.4 Å². The Kier molecular flexibility index (Phi) is 4.27. The van der Waals surface area contributed by atoms with E-state index in [0.717, 1.165) is 23.0 Å². The Morgan fingerprint density at radius 2 is 2.14 bits per heavy atom. The van der Waals surface area contributed by atoms with Gasteiger partial charge in [0.25, 0.3) is 0 Å². The monoisotopic (exact) mass is 296 g/mol. The van der Waals surface area contributed by atoms with Gasteiger partial charge in [0.15, 0.2) is 5.78 Å². The zero-order chi connectivity index (χ0) is 15.5. The van der Waals surface area contributed by atoms with Crippen molar-refractivity contribution in [2.24, 2.45) is 0 Å². The van der Waals surface area contributed by atoms with Crippen molar-refractivity contribution in [1.82, 2.24) is 0 Å². The maximum Gasteiger partial charge on any atom is 0.491 e. The summed E-state index contributed by atoms with van der Waals surface area (Å²) in [5.74, 6) is 0.567. The number of ether oxygens (including phenoxy) is 1. The lowest BCUT2D eigenvalue weighted by molar-refractivity contribution is 0.0990. The van der Waals surface area contributed by atoms with E-state index in [1.165, 1.54) is 0 Å². The maximum atomic E-state index is 12.5. The van der Waals surface area contributed by atoms with Crippen molar-refractivity contribution < 1.29 is 19.2 Å². The third-order valence-corrected chi connectivity index (χ3v) is 3.90. The Morgan fingerprint density at radius 1 is 1.32 bits per heavy atom. The van der Waals surface area contributed by atoms with Crippen LogP contribution in [0.3, 0.4) is 0 Å². The molecule has 1 N–H and O–H groups in total. The van der Waals surface area contributed by atoms with Crippen molar-refractivity contribution in [1.29, 1.82) is 0 Å². The molecule has 0 amide bonds. The molecule has 0 saturated heterocycles. The van der Waals surface area contributed by atoms with Crippen LogP contribution in [0, 0.1) is 0 Å². The highest BCUT2D eigenvalue weighted by atomic mass is 16.5. The summed E-state index contributed by atoms with van der Waals surface area (Å²) in [6.45, 7) is 0.521. The molecule has 112 valence electrons. The molecule has 2 aromatic carbocycles. The van der Waals surface area contributed by atoms with Gasteiger partial charge in [-0.2, -0.15) is 0 Å². The molecule has 1 aliphatic rings. The molecule has 0 spiro atoms. The summed E-state index contributed by atoms with van der Waals surface area (Å²) in [6.07, 6.45) is 1.05. The molecule has 0 atom stereocenters. The molecule has 0 saturated carbocycles. The summed E-state index contributed by atoms with van der Waals surface area (Å²) in [5, 5.41) is 9.89. The maximum absolute atomic E-state index is 12.5. The molecule has 2 aromatic rings. The largest absolute Gasteiger partial charge is 0.496 e. The minimum Gasteiger partial charge on any atom is -0.496 e. The molecule has 4 nitrogen and oxygen atoms in total. The third-order valence-electron chi connectivity index (χ3n) is 3.90. The van der Waals surface area contributed by atoms with Crippen LogP contribution in [-0.2, 0) is 17.5 Å². The van der Waals surface area contributed by atoms with Crippen molar-refractivity contribution in [2.75, 3.05) is 13.7 Å². The first kappa shape index (κ1) is 14.8. The van der Waals surface area contributed by atoms with Crippen LogP contribution in [0.2, 0.25) is 0 Å². The number of hydrogen-bond donors (Lipinski definition) is 1. The molecule has 0 aromatic heterocycles. The van der Waals surface area contributed by atoms with Crippen LogP contribution < -0.4 is 10.2 Å². The molecule has 0 aliphatic carbocycles. The number of carbonyl (C=O) groups excluding carboxylic acids is 1. The van der Waals surface area contributed by atoms with Gasteiger partial charge in [0.05, 0.1) is 12.7 Å². The fraction of sp³-hybridized carbons (Fsp3) is 0.235. The lowest BCUT2D eigenvalue weighted by Gasteiger charge is -2.19. The average Bonchev–Trinajstić information content (AvgIpc) is 2.55. The fourth-order valence-corrected chi connectivity index (χ4v) is 2.74. The van der Waals surface area contributed by atoms with Gasteiger partial charge in [0.2, 0.25) is 0 Å². The zero-order valence-corrected chi connectivity index (χ0v) is 12.4. The van der Waals surface area contributed by atoms with E-state index in [2.05, 4.69) is 0 Å². The fourth-order valence-electron chi connectivity index (χ4n) is 2.74. The van der Waals surface area contributed by atoms with Gasteiger partial charge < -0.3 is 14.4 Å². The summed E-state index contributed by atoms with van der Waals surface area (Å²) in [5.41, 5.74) is 3.27. The van der Waals surface area contributed by atoms with Gasteiger partial charge in [-0.3, -0.25) is 4.79 Å². The van der Waals surface area contributed by atoms with Gasteiger partial charge in [0.1, 0.15) is 5.75 Å². The summed E-state index contributed by atoms with van der Waals surface area (Å²) >= 11 is 0. The molecule has 0 fully saturated rings. The normalized spacial score (nSPS) is 13.6. The minimum absolute atomic E-state index is 0.0105. The highest BCUT2D eigenvalue weighted by Gasteiger charge is 2.25. The molecular formula is C17H17BO4. The molecule has 1 heterocycles. The molecule has 0 unspecified atom stereocenters. The van der Waals surface area contributed by atoms with E-state index in [4.69, 9.17) is 9.39 Å². The number of para-hydroxylation sites is 1. The van der Waals surface area contributed by atoms with Crippen LogP contribution in [0.25, 0.3) is 0 Å². The quantitative estimate of drug-likeness (QED) is 0.684. The van der Waals surface area contributed by atoms with Crippen molar-refractivity contribution in [3.8, 4) is 5.75 Å². The van der Waals surface area contributed by atoms with E-state index in [1.54, 1.807) is 19.2 Å². The third kappa shape index (κ3) is 2.91. The number of methoxy groups -OCH3 is 1. The average molecular weight is 296 g/mol. The molecule has 22 heavy (non-hydrogen) atoms. The Balaban J connectivity index is 1.84. The first-order valence-electron chi connectivity index (χ1n) is 7.26. The predicted molar refractivity (Wildman–Crippen MR) is 84.7 cm³/mol. The molecule has 1 aliphatic heterocycles. The summed E-state index contributed by atoms with van der Waals surface area (Å²) in [7, 11) is 0.656. The second-order valence-electron chi connectivity index (χ2n) is 5.31. The van der Waals surface area contributed by atoms with E-state index in [-0.39, 0.29) is 12.2 Å². The number of ketones is 1. The van der Waals surface area contributed by atoms with Crippen LogP contribution in [0.15, 0.2) is 42.5 Å². The Labute approximate surface area is 129 Å². The topological polar surface area (TPSA) is 55.8 Å². The number of carbonyl (C=O) groups is 1. The lowest BCUT2D eigenvalue weighted by Crippen LogP contribution is -2.41. The Hall–Kier alpha value is -2.11. The van der Waals surface area contributed by atoms with E-state index in [9.17, 15) is 9.82 Å². The number of benzene rings is 2. The van der Waals surface area contributed by atoms with E-state index < -0.39 is 7.12 Å². The van der Waals surface area contributed by atoms with Crippen molar-refractivity contribution in [3.05, 3.63) is 59.2 Å². The Morgan fingerprint density at radius 3 is 2.95 bits per heavy atom. The van der Waals surface area contributed by atoms with E-state index >= 15 is 0 Å². The van der Waals surface area contributed by atoms with Crippen molar-refractivity contribution in [3.63, 3.8) is 0 Å². The number of hydrogen-bond acceptors (Lipinski definition) is 4. The van der Waals surface area contributed by atoms with Gasteiger partial charge in [-0.05, 0) is 35.1 Å². The minimum atomic E-state index is -0.898. The van der Waals surface area contributed by atoms with Gasteiger partial charge in [-0.25, -0.2) is 0 Å². The molecule has 0 radical (unpaired) electrons. The highest BCUT2D eigenvalue weighted by molar-refractivity contribution is 6.60. The number of fused-ring (bicyclic) bond motifs is 1. The van der Waals surface area contributed by atoms with Gasteiger partial charge in [0, 0.05) is 13.0 Å². The van der Waals surface area contributed by atoms with Crippen LogP contribution >= 0.6 is 0 Å². The van der Waals surface area contributed by atoms with Gasteiger partial charge in [-0.1, -0.05) is 30.3 Å². The van der Waals surface area contributed by atoms with Crippen LogP contribution in [-0.4, -0.2) is 31.6 Å². The van der Waals surface area contributed by atoms with Crippen molar-refractivity contribution in [2.45, 2.75) is 12.8 Å². The van der Waals surface area contributed by atoms with Crippen LogP contribution in [0.1, 0.15) is 21.5 Å². The standard InChI is InChI=1S/C17H17BO4/c1-21-17-5-3-2-4-14(17)16(19)11-12-6-7-13-8-9-22-18(20)15(13)10-12/h2-7,10,20H,8-9,11H2,1H3. The number of rotatable bonds is 4. The van der Waals surface area contributed by atoms with Gasteiger partial charge >= 0.3 is 7.12 Å². The van der Waals surface area contributed by atoms with E-state index in [0.29, 0.717) is 17.9 Å².